The lowest BCUT2D eigenvalue weighted by Crippen LogP contribution is -2.45. The first-order valence-electron chi connectivity index (χ1n) is 7.87. The van der Waals surface area contributed by atoms with Gasteiger partial charge in [-0.15, -0.1) is 0 Å². The second-order valence-corrected chi connectivity index (χ2v) is 5.51. The number of likely N-dealkylation sites (N-methyl/N-ethyl adjacent to an activating group) is 1. The molecule has 1 unspecified atom stereocenters. The number of benzene rings is 2. The maximum absolute atomic E-state index is 11.3. The van der Waals surface area contributed by atoms with Gasteiger partial charge in [0.2, 0.25) is 0 Å². The summed E-state index contributed by atoms with van der Waals surface area (Å²) in [5, 5.41) is 0. The van der Waals surface area contributed by atoms with Crippen molar-refractivity contribution in [3.63, 3.8) is 0 Å². The van der Waals surface area contributed by atoms with Gasteiger partial charge in [0, 0.05) is 12.1 Å². The number of ketones is 1. The van der Waals surface area contributed by atoms with Gasteiger partial charge in [-0.05, 0) is 43.3 Å². The van der Waals surface area contributed by atoms with Crippen LogP contribution in [0.25, 0.3) is 0 Å². The van der Waals surface area contributed by atoms with Crippen LogP contribution in [0.1, 0.15) is 29.8 Å². The van der Waals surface area contributed by atoms with Gasteiger partial charge in [-0.25, -0.2) is 0 Å². The van der Waals surface area contributed by atoms with Crippen LogP contribution in [0.2, 0.25) is 0 Å². The van der Waals surface area contributed by atoms with Crippen LogP contribution < -0.4 is 10.5 Å². The van der Waals surface area contributed by atoms with Gasteiger partial charge in [0.25, 0.3) is 0 Å². The van der Waals surface area contributed by atoms with Gasteiger partial charge in [-0.1, -0.05) is 37.3 Å². The average Bonchev–Trinajstić information content (AvgIpc) is 2.58. The Bertz CT molecular complexity index is 611. The summed E-state index contributed by atoms with van der Waals surface area (Å²) in [7, 11) is 0. The van der Waals surface area contributed by atoms with E-state index >= 15 is 0 Å². The number of Topliss-reactive ketones (excluding diaryl/α,β-unsaturated/α-hetero) is 1. The summed E-state index contributed by atoms with van der Waals surface area (Å²) in [6, 6.07) is 17.4. The summed E-state index contributed by atoms with van der Waals surface area (Å²) in [4.78, 5) is 13.4. The maximum atomic E-state index is 11.3. The Hall–Kier alpha value is -2.17. The summed E-state index contributed by atoms with van der Waals surface area (Å²) in [5.74, 6) is 0.773. The minimum atomic E-state index is -0.187. The van der Waals surface area contributed by atoms with Gasteiger partial charge < -0.3 is 10.5 Å². The monoisotopic (exact) mass is 312 g/mol. The molecular weight excluding hydrogens is 288 g/mol. The second-order valence-electron chi connectivity index (χ2n) is 5.51. The number of rotatable bonds is 8. The van der Waals surface area contributed by atoms with Crippen molar-refractivity contribution in [2.75, 3.05) is 13.2 Å². The van der Waals surface area contributed by atoms with E-state index in [9.17, 15) is 4.79 Å². The fourth-order valence-electron chi connectivity index (χ4n) is 2.35. The van der Waals surface area contributed by atoms with Crippen molar-refractivity contribution in [1.29, 1.82) is 0 Å². The van der Waals surface area contributed by atoms with E-state index in [4.69, 9.17) is 10.5 Å². The third-order valence-electron chi connectivity index (χ3n) is 3.79. The average molecular weight is 312 g/mol. The Morgan fingerprint density at radius 1 is 1.13 bits per heavy atom. The molecule has 0 fully saturated rings. The van der Waals surface area contributed by atoms with Gasteiger partial charge >= 0.3 is 0 Å². The molecule has 4 nitrogen and oxygen atoms in total. The van der Waals surface area contributed by atoms with E-state index < -0.39 is 0 Å². The molecule has 0 aliphatic heterocycles. The molecule has 1 atom stereocenters. The van der Waals surface area contributed by atoms with Crippen LogP contribution in [0.3, 0.4) is 0 Å². The summed E-state index contributed by atoms with van der Waals surface area (Å²) in [6.07, 6.45) is -0.187. The summed E-state index contributed by atoms with van der Waals surface area (Å²) in [5.41, 5.74) is 8.16. The van der Waals surface area contributed by atoms with Gasteiger partial charge in [0.05, 0.1) is 6.17 Å². The van der Waals surface area contributed by atoms with Gasteiger partial charge in [-0.3, -0.25) is 9.69 Å². The number of carbonyl (C=O) groups excluding carboxylic acids is 1. The van der Waals surface area contributed by atoms with Crippen molar-refractivity contribution in [1.82, 2.24) is 4.90 Å². The van der Waals surface area contributed by atoms with Crippen molar-refractivity contribution in [2.45, 2.75) is 26.6 Å². The van der Waals surface area contributed by atoms with Gasteiger partial charge in [0.1, 0.15) is 12.4 Å². The first kappa shape index (κ1) is 17.2. The molecule has 0 heterocycles. The fourth-order valence-corrected chi connectivity index (χ4v) is 2.35. The molecule has 0 radical (unpaired) electrons. The molecule has 0 aromatic heterocycles. The third-order valence-corrected chi connectivity index (χ3v) is 3.79. The van der Waals surface area contributed by atoms with E-state index in [-0.39, 0.29) is 11.9 Å². The molecule has 2 aromatic rings. The molecule has 0 aliphatic carbocycles. The van der Waals surface area contributed by atoms with Crippen LogP contribution >= 0.6 is 0 Å². The van der Waals surface area contributed by atoms with Crippen LogP contribution in [0.4, 0.5) is 0 Å². The molecule has 0 amide bonds. The summed E-state index contributed by atoms with van der Waals surface area (Å²) >= 11 is 0. The molecule has 0 saturated carbocycles. The normalized spacial score (nSPS) is 12.2. The lowest BCUT2D eigenvalue weighted by Gasteiger charge is -2.27. The highest BCUT2D eigenvalue weighted by molar-refractivity contribution is 5.94. The molecule has 2 N–H and O–H groups in total. The highest BCUT2D eigenvalue weighted by atomic mass is 16.5. The molecule has 2 aromatic carbocycles. The predicted octanol–water partition coefficient (Wildman–Crippen LogP) is 3.07. The van der Waals surface area contributed by atoms with Crippen LogP contribution in [-0.2, 0) is 6.54 Å². The number of hydrogen-bond acceptors (Lipinski definition) is 4. The Morgan fingerprint density at radius 2 is 1.78 bits per heavy atom. The van der Waals surface area contributed by atoms with Crippen LogP contribution in [0.5, 0.6) is 5.75 Å². The molecular formula is C19H24N2O2. The van der Waals surface area contributed by atoms with Gasteiger partial charge in [0.15, 0.2) is 5.78 Å². The number of ether oxygens (including phenoxy) is 1. The van der Waals surface area contributed by atoms with Crippen molar-refractivity contribution in [3.05, 3.63) is 65.7 Å². The second kappa shape index (κ2) is 8.46. The van der Waals surface area contributed by atoms with Crippen LogP contribution in [-0.4, -0.2) is 30.0 Å². The number of nitrogens with two attached hydrogens (primary N) is 1. The predicted molar refractivity (Wildman–Crippen MR) is 92.4 cm³/mol. The maximum Gasteiger partial charge on any atom is 0.159 e. The first-order valence-corrected chi connectivity index (χ1v) is 7.87. The van der Waals surface area contributed by atoms with E-state index in [0.717, 1.165) is 18.8 Å². The number of nitrogens with zero attached hydrogens (tertiary/aromatic N) is 1. The fraction of sp³-hybridized carbons (Fsp3) is 0.316. The zero-order valence-corrected chi connectivity index (χ0v) is 13.7. The summed E-state index contributed by atoms with van der Waals surface area (Å²) in [6.45, 7) is 5.69. The summed E-state index contributed by atoms with van der Waals surface area (Å²) < 4.78 is 5.75. The number of hydrogen-bond donors (Lipinski definition) is 1. The largest absolute Gasteiger partial charge is 0.491 e. The SMILES string of the molecule is CCN(Cc1ccccc1)C(N)COc1ccc(C(C)=O)cc1. The lowest BCUT2D eigenvalue weighted by atomic mass is 10.1. The molecule has 0 aliphatic rings. The van der Waals surface area contributed by atoms with Crippen molar-refractivity contribution >= 4 is 5.78 Å². The first-order chi connectivity index (χ1) is 11.1. The van der Waals surface area contributed by atoms with Crippen molar-refractivity contribution in [3.8, 4) is 5.75 Å². The molecule has 122 valence electrons. The zero-order valence-electron chi connectivity index (χ0n) is 13.7. The van der Waals surface area contributed by atoms with E-state index in [1.165, 1.54) is 5.56 Å². The van der Waals surface area contributed by atoms with E-state index in [2.05, 4.69) is 24.0 Å². The smallest absolute Gasteiger partial charge is 0.159 e. The topological polar surface area (TPSA) is 55.6 Å². The highest BCUT2D eigenvalue weighted by Crippen LogP contribution is 2.13. The molecule has 0 saturated heterocycles. The van der Waals surface area contributed by atoms with Crippen LogP contribution in [0.15, 0.2) is 54.6 Å². The number of carbonyl (C=O) groups is 1. The lowest BCUT2D eigenvalue weighted by molar-refractivity contribution is 0.101. The van der Waals surface area contributed by atoms with E-state index in [1.807, 2.05) is 18.2 Å². The molecule has 4 heteroatoms. The Morgan fingerprint density at radius 3 is 2.35 bits per heavy atom. The van der Waals surface area contributed by atoms with E-state index in [1.54, 1.807) is 31.2 Å². The standard InChI is InChI=1S/C19H24N2O2/c1-3-21(13-16-7-5-4-6-8-16)19(20)14-23-18-11-9-17(10-12-18)15(2)22/h4-12,19H,3,13-14,20H2,1-2H3. The molecule has 0 spiro atoms. The minimum absolute atomic E-state index is 0.0493. The molecule has 2 rings (SSSR count). The third kappa shape index (κ3) is 5.20. The van der Waals surface area contributed by atoms with Gasteiger partial charge in [-0.2, -0.15) is 0 Å². The molecule has 0 bridgehead atoms. The molecule has 23 heavy (non-hydrogen) atoms. The Balaban J connectivity index is 1.89. The van der Waals surface area contributed by atoms with E-state index in [0.29, 0.717) is 12.2 Å². The highest BCUT2D eigenvalue weighted by Gasteiger charge is 2.13. The van der Waals surface area contributed by atoms with Crippen molar-refractivity contribution < 1.29 is 9.53 Å². The Labute approximate surface area is 137 Å². The van der Waals surface area contributed by atoms with Crippen LogP contribution in [0, 0.1) is 0 Å². The van der Waals surface area contributed by atoms with Crippen molar-refractivity contribution in [2.24, 2.45) is 5.73 Å². The minimum Gasteiger partial charge on any atom is -0.491 e. The zero-order chi connectivity index (χ0) is 16.7. The quantitative estimate of drug-likeness (QED) is 0.601. The Kier molecular flexibility index (Phi) is 6.32.